The first kappa shape index (κ1) is 13.1. The second-order valence-electron chi connectivity index (χ2n) is 3.98. The fourth-order valence-corrected chi connectivity index (χ4v) is 1.49. The van der Waals surface area contributed by atoms with E-state index in [4.69, 9.17) is 10.2 Å². The Morgan fingerprint density at radius 1 is 1.44 bits per heavy atom. The van der Waals surface area contributed by atoms with Crippen molar-refractivity contribution in [2.75, 3.05) is 13.2 Å². The molecule has 0 saturated heterocycles. The molecule has 1 rings (SSSR count). The summed E-state index contributed by atoms with van der Waals surface area (Å²) in [6, 6.07) is 6.59. The van der Waals surface area contributed by atoms with Crippen LogP contribution >= 0.6 is 0 Å². The molecule has 0 fully saturated rings. The van der Waals surface area contributed by atoms with Crippen LogP contribution in [0.2, 0.25) is 0 Å². The van der Waals surface area contributed by atoms with E-state index in [-0.39, 0.29) is 18.5 Å². The molecule has 3 nitrogen and oxygen atoms in total. The molecule has 1 aromatic carbocycles. The minimum Gasteiger partial charge on any atom is -0.394 e. The number of hydrogen-bond donors (Lipinski definition) is 3. The standard InChI is InChI=1S/C12H18FNO2/c1-9(14-7-12(16)8-15)5-10-3-2-4-11(13)6-10/h2-4,6,9,12,14-16H,5,7-8H2,1H3. The highest BCUT2D eigenvalue weighted by Gasteiger charge is 2.06. The molecule has 0 aromatic heterocycles. The van der Waals surface area contributed by atoms with E-state index in [0.29, 0.717) is 13.0 Å². The average Bonchev–Trinajstić information content (AvgIpc) is 2.26. The molecule has 2 unspecified atom stereocenters. The van der Waals surface area contributed by atoms with Gasteiger partial charge in [0.1, 0.15) is 5.82 Å². The lowest BCUT2D eigenvalue weighted by atomic mass is 10.1. The van der Waals surface area contributed by atoms with Gasteiger partial charge in [0.25, 0.3) is 0 Å². The summed E-state index contributed by atoms with van der Waals surface area (Å²) < 4.78 is 12.9. The molecule has 2 atom stereocenters. The molecule has 4 heteroatoms. The summed E-state index contributed by atoms with van der Waals surface area (Å²) in [6.45, 7) is 2.04. The maximum Gasteiger partial charge on any atom is 0.123 e. The van der Waals surface area contributed by atoms with Crippen molar-refractivity contribution in [1.29, 1.82) is 0 Å². The number of aliphatic hydroxyl groups excluding tert-OH is 2. The lowest BCUT2D eigenvalue weighted by molar-refractivity contribution is 0.0924. The van der Waals surface area contributed by atoms with Crippen molar-refractivity contribution in [3.63, 3.8) is 0 Å². The maximum absolute atomic E-state index is 12.9. The van der Waals surface area contributed by atoms with Gasteiger partial charge in [0.2, 0.25) is 0 Å². The van der Waals surface area contributed by atoms with Crippen molar-refractivity contribution in [2.24, 2.45) is 0 Å². The molecule has 0 radical (unpaired) electrons. The molecular weight excluding hydrogens is 209 g/mol. The Morgan fingerprint density at radius 2 is 2.19 bits per heavy atom. The van der Waals surface area contributed by atoms with Gasteiger partial charge in [-0.05, 0) is 31.0 Å². The summed E-state index contributed by atoms with van der Waals surface area (Å²) in [4.78, 5) is 0. The Bertz CT molecular complexity index is 320. The molecule has 0 aliphatic heterocycles. The van der Waals surface area contributed by atoms with E-state index in [9.17, 15) is 4.39 Å². The third-order valence-electron chi connectivity index (χ3n) is 2.34. The van der Waals surface area contributed by atoms with E-state index in [1.807, 2.05) is 13.0 Å². The maximum atomic E-state index is 12.9. The largest absolute Gasteiger partial charge is 0.394 e. The third kappa shape index (κ3) is 4.70. The van der Waals surface area contributed by atoms with Crippen LogP contribution in [-0.4, -0.2) is 35.5 Å². The highest BCUT2D eigenvalue weighted by Crippen LogP contribution is 2.06. The zero-order chi connectivity index (χ0) is 12.0. The molecule has 0 bridgehead atoms. The molecule has 16 heavy (non-hydrogen) atoms. The van der Waals surface area contributed by atoms with Gasteiger partial charge in [0.05, 0.1) is 12.7 Å². The fraction of sp³-hybridized carbons (Fsp3) is 0.500. The van der Waals surface area contributed by atoms with Gasteiger partial charge in [-0.3, -0.25) is 0 Å². The van der Waals surface area contributed by atoms with E-state index in [2.05, 4.69) is 5.32 Å². The summed E-state index contributed by atoms with van der Waals surface area (Å²) in [5.41, 5.74) is 0.915. The lowest BCUT2D eigenvalue weighted by Crippen LogP contribution is -2.36. The first-order valence-corrected chi connectivity index (χ1v) is 5.38. The quantitative estimate of drug-likeness (QED) is 0.670. The lowest BCUT2D eigenvalue weighted by Gasteiger charge is -2.16. The number of benzene rings is 1. The summed E-state index contributed by atoms with van der Waals surface area (Å²) in [6.07, 6.45) is -0.0504. The monoisotopic (exact) mass is 227 g/mol. The van der Waals surface area contributed by atoms with Crippen LogP contribution in [-0.2, 0) is 6.42 Å². The molecule has 0 spiro atoms. The molecule has 0 heterocycles. The van der Waals surface area contributed by atoms with Crippen molar-refractivity contribution in [1.82, 2.24) is 5.32 Å². The molecule has 0 amide bonds. The van der Waals surface area contributed by atoms with Crippen LogP contribution in [0.25, 0.3) is 0 Å². The van der Waals surface area contributed by atoms with E-state index < -0.39 is 6.10 Å². The highest BCUT2D eigenvalue weighted by atomic mass is 19.1. The minimum absolute atomic E-state index is 0.128. The van der Waals surface area contributed by atoms with Gasteiger partial charge >= 0.3 is 0 Å². The Morgan fingerprint density at radius 3 is 2.81 bits per heavy atom. The van der Waals surface area contributed by atoms with Gasteiger partial charge in [-0.1, -0.05) is 12.1 Å². The number of hydrogen-bond acceptors (Lipinski definition) is 3. The second-order valence-corrected chi connectivity index (χ2v) is 3.98. The molecule has 0 aliphatic carbocycles. The third-order valence-corrected chi connectivity index (χ3v) is 2.34. The van der Waals surface area contributed by atoms with Crippen LogP contribution in [0.5, 0.6) is 0 Å². The minimum atomic E-state index is -0.741. The average molecular weight is 227 g/mol. The van der Waals surface area contributed by atoms with E-state index in [0.717, 1.165) is 5.56 Å². The Hall–Kier alpha value is -0.970. The van der Waals surface area contributed by atoms with E-state index in [1.165, 1.54) is 12.1 Å². The van der Waals surface area contributed by atoms with Crippen LogP contribution in [0.1, 0.15) is 12.5 Å². The highest BCUT2D eigenvalue weighted by molar-refractivity contribution is 5.17. The van der Waals surface area contributed by atoms with Gasteiger partial charge < -0.3 is 15.5 Å². The Balaban J connectivity index is 2.36. The summed E-state index contributed by atoms with van der Waals surface area (Å²) in [5.74, 6) is -0.236. The zero-order valence-electron chi connectivity index (χ0n) is 9.36. The molecule has 1 aromatic rings. The SMILES string of the molecule is CC(Cc1cccc(F)c1)NCC(O)CO. The van der Waals surface area contributed by atoms with Crippen LogP contribution in [0, 0.1) is 5.82 Å². The molecular formula is C12H18FNO2. The Labute approximate surface area is 94.9 Å². The van der Waals surface area contributed by atoms with Crippen LogP contribution in [0.3, 0.4) is 0 Å². The van der Waals surface area contributed by atoms with Crippen molar-refractivity contribution >= 4 is 0 Å². The normalized spacial score (nSPS) is 14.8. The number of aliphatic hydroxyl groups is 2. The van der Waals surface area contributed by atoms with Gasteiger partial charge in [-0.15, -0.1) is 0 Å². The van der Waals surface area contributed by atoms with Crippen molar-refractivity contribution in [3.8, 4) is 0 Å². The van der Waals surface area contributed by atoms with Crippen LogP contribution in [0.4, 0.5) is 4.39 Å². The van der Waals surface area contributed by atoms with Crippen LogP contribution in [0.15, 0.2) is 24.3 Å². The molecule has 0 aliphatic rings. The summed E-state index contributed by atoms with van der Waals surface area (Å²) in [7, 11) is 0. The second kappa shape index (κ2) is 6.58. The topological polar surface area (TPSA) is 52.5 Å². The predicted octanol–water partition coefficient (Wildman–Crippen LogP) is 0.700. The van der Waals surface area contributed by atoms with Crippen molar-refractivity contribution in [2.45, 2.75) is 25.5 Å². The first-order chi connectivity index (χ1) is 7.61. The smallest absolute Gasteiger partial charge is 0.123 e. The number of rotatable bonds is 6. The van der Waals surface area contributed by atoms with Crippen LogP contribution < -0.4 is 5.32 Å². The summed E-state index contributed by atoms with van der Waals surface area (Å²) >= 11 is 0. The molecule has 0 saturated carbocycles. The summed E-state index contributed by atoms with van der Waals surface area (Å²) in [5, 5.41) is 20.8. The Kier molecular flexibility index (Phi) is 5.38. The number of nitrogens with one attached hydrogen (secondary N) is 1. The molecule has 90 valence electrons. The van der Waals surface area contributed by atoms with Gasteiger partial charge in [-0.25, -0.2) is 4.39 Å². The van der Waals surface area contributed by atoms with E-state index in [1.54, 1.807) is 6.07 Å². The zero-order valence-corrected chi connectivity index (χ0v) is 9.36. The molecule has 3 N–H and O–H groups in total. The fourth-order valence-electron chi connectivity index (χ4n) is 1.49. The van der Waals surface area contributed by atoms with Gasteiger partial charge in [-0.2, -0.15) is 0 Å². The van der Waals surface area contributed by atoms with Gasteiger partial charge in [0, 0.05) is 12.6 Å². The first-order valence-electron chi connectivity index (χ1n) is 5.38. The predicted molar refractivity (Wildman–Crippen MR) is 60.7 cm³/mol. The van der Waals surface area contributed by atoms with E-state index >= 15 is 0 Å². The van der Waals surface area contributed by atoms with Crippen molar-refractivity contribution < 1.29 is 14.6 Å². The van der Waals surface area contributed by atoms with Crippen molar-refractivity contribution in [3.05, 3.63) is 35.6 Å². The number of halogens is 1. The van der Waals surface area contributed by atoms with Gasteiger partial charge in [0.15, 0.2) is 0 Å².